The molecule has 6 heteroatoms. The summed E-state index contributed by atoms with van der Waals surface area (Å²) < 4.78 is 10.5. The van der Waals surface area contributed by atoms with Gasteiger partial charge in [-0.05, 0) is 51.3 Å². The number of aryl methyl sites for hydroxylation is 1. The first kappa shape index (κ1) is 16.1. The molecule has 1 heterocycles. The molecule has 2 N–H and O–H groups in total. The van der Waals surface area contributed by atoms with Crippen molar-refractivity contribution in [2.45, 2.75) is 39.2 Å². The second kappa shape index (κ2) is 5.87. The molecule has 1 aliphatic heterocycles. The molecular weight excluding hydrogens is 284 g/mol. The molecule has 1 aromatic carbocycles. The first-order valence-electron chi connectivity index (χ1n) is 7.24. The Morgan fingerprint density at radius 1 is 1.32 bits per heavy atom. The SMILES string of the molecule is COc1cc2c(cc1N)CCCN(C(=O)OC(C)(C)C)C2=O. The molecule has 2 rings (SSSR count). The number of ether oxygens (including phenoxy) is 2. The van der Waals surface area contributed by atoms with Crippen molar-refractivity contribution in [3.8, 4) is 5.75 Å². The minimum Gasteiger partial charge on any atom is -0.495 e. The van der Waals surface area contributed by atoms with Gasteiger partial charge in [-0.3, -0.25) is 4.79 Å². The summed E-state index contributed by atoms with van der Waals surface area (Å²) in [5.74, 6) is 0.0539. The second-order valence-electron chi connectivity index (χ2n) is 6.29. The summed E-state index contributed by atoms with van der Waals surface area (Å²) in [6, 6.07) is 3.33. The predicted octanol–water partition coefficient (Wildman–Crippen LogP) is 2.60. The van der Waals surface area contributed by atoms with E-state index in [-0.39, 0.29) is 5.91 Å². The maximum Gasteiger partial charge on any atom is 0.417 e. The highest BCUT2D eigenvalue weighted by molar-refractivity contribution is 6.04. The van der Waals surface area contributed by atoms with Crippen molar-refractivity contribution in [2.75, 3.05) is 19.4 Å². The van der Waals surface area contributed by atoms with E-state index in [1.165, 1.54) is 7.11 Å². The summed E-state index contributed by atoms with van der Waals surface area (Å²) in [6.07, 6.45) is 0.722. The van der Waals surface area contributed by atoms with Gasteiger partial charge < -0.3 is 15.2 Å². The van der Waals surface area contributed by atoms with Gasteiger partial charge in [-0.1, -0.05) is 0 Å². The molecule has 0 atom stereocenters. The lowest BCUT2D eigenvalue weighted by Gasteiger charge is -2.25. The van der Waals surface area contributed by atoms with Crippen LogP contribution in [0.15, 0.2) is 12.1 Å². The Kier molecular flexibility index (Phi) is 4.30. The fourth-order valence-electron chi connectivity index (χ4n) is 2.39. The van der Waals surface area contributed by atoms with Crippen LogP contribution in [0.3, 0.4) is 0 Å². The lowest BCUT2D eigenvalue weighted by Crippen LogP contribution is -2.40. The van der Waals surface area contributed by atoms with Crippen molar-refractivity contribution in [1.29, 1.82) is 0 Å². The minimum absolute atomic E-state index is 0.324. The topological polar surface area (TPSA) is 81.9 Å². The van der Waals surface area contributed by atoms with Crippen molar-refractivity contribution in [3.63, 3.8) is 0 Å². The molecule has 0 radical (unpaired) electrons. The van der Waals surface area contributed by atoms with E-state index < -0.39 is 11.7 Å². The monoisotopic (exact) mass is 306 g/mol. The van der Waals surface area contributed by atoms with Gasteiger partial charge in [-0.15, -0.1) is 0 Å². The number of rotatable bonds is 1. The van der Waals surface area contributed by atoms with Gasteiger partial charge in [-0.2, -0.15) is 0 Å². The lowest BCUT2D eigenvalue weighted by molar-refractivity contribution is 0.0244. The summed E-state index contributed by atoms with van der Waals surface area (Å²) >= 11 is 0. The van der Waals surface area contributed by atoms with Crippen molar-refractivity contribution in [1.82, 2.24) is 4.90 Å². The fourth-order valence-corrected chi connectivity index (χ4v) is 2.39. The molecule has 0 fully saturated rings. The highest BCUT2D eigenvalue weighted by Gasteiger charge is 2.31. The molecule has 0 saturated heterocycles. The maximum absolute atomic E-state index is 12.7. The van der Waals surface area contributed by atoms with Gasteiger partial charge in [-0.25, -0.2) is 9.69 Å². The number of benzene rings is 1. The molecule has 0 spiro atoms. The normalized spacial score (nSPS) is 15.1. The van der Waals surface area contributed by atoms with E-state index >= 15 is 0 Å². The highest BCUT2D eigenvalue weighted by atomic mass is 16.6. The van der Waals surface area contributed by atoms with Gasteiger partial charge in [0.15, 0.2) is 0 Å². The first-order valence-corrected chi connectivity index (χ1v) is 7.24. The lowest BCUT2D eigenvalue weighted by atomic mass is 10.0. The van der Waals surface area contributed by atoms with Crippen LogP contribution in [-0.4, -0.2) is 36.2 Å². The van der Waals surface area contributed by atoms with E-state index in [2.05, 4.69) is 0 Å². The fraction of sp³-hybridized carbons (Fsp3) is 0.500. The Balaban J connectivity index is 2.35. The zero-order chi connectivity index (χ0) is 16.5. The molecule has 0 saturated carbocycles. The zero-order valence-electron chi connectivity index (χ0n) is 13.4. The average molecular weight is 306 g/mol. The number of methoxy groups -OCH3 is 1. The number of carbonyl (C=O) groups is 2. The number of fused-ring (bicyclic) bond motifs is 1. The Hall–Kier alpha value is -2.24. The molecule has 22 heavy (non-hydrogen) atoms. The van der Waals surface area contributed by atoms with Gasteiger partial charge >= 0.3 is 6.09 Å². The van der Waals surface area contributed by atoms with Crippen LogP contribution in [0.5, 0.6) is 5.75 Å². The third-order valence-corrected chi connectivity index (χ3v) is 3.37. The third kappa shape index (κ3) is 3.32. The van der Waals surface area contributed by atoms with Gasteiger partial charge in [0, 0.05) is 12.1 Å². The van der Waals surface area contributed by atoms with Crippen molar-refractivity contribution >= 4 is 17.7 Å². The van der Waals surface area contributed by atoms with E-state index in [0.717, 1.165) is 10.5 Å². The van der Waals surface area contributed by atoms with E-state index in [9.17, 15) is 9.59 Å². The van der Waals surface area contributed by atoms with Crippen LogP contribution in [0, 0.1) is 0 Å². The number of hydrogen-bond donors (Lipinski definition) is 1. The summed E-state index contributed by atoms with van der Waals surface area (Å²) in [5, 5.41) is 0. The molecular formula is C16H22N2O4. The van der Waals surface area contributed by atoms with Crippen LogP contribution in [-0.2, 0) is 11.2 Å². The number of carbonyl (C=O) groups excluding carboxylic acids is 2. The van der Waals surface area contributed by atoms with Crippen molar-refractivity contribution in [3.05, 3.63) is 23.3 Å². The summed E-state index contributed by atoms with van der Waals surface area (Å²) in [5.41, 5.74) is 6.99. The van der Waals surface area contributed by atoms with Crippen molar-refractivity contribution < 1.29 is 19.1 Å². The van der Waals surface area contributed by atoms with Crippen LogP contribution in [0.1, 0.15) is 43.1 Å². The second-order valence-corrected chi connectivity index (χ2v) is 6.29. The Bertz CT molecular complexity index is 605. The van der Waals surface area contributed by atoms with Crippen LogP contribution >= 0.6 is 0 Å². The molecule has 0 aliphatic carbocycles. The van der Waals surface area contributed by atoms with Gasteiger partial charge in [0.2, 0.25) is 0 Å². The largest absolute Gasteiger partial charge is 0.495 e. The molecule has 2 amide bonds. The Labute approximate surface area is 130 Å². The summed E-state index contributed by atoms with van der Waals surface area (Å²) in [4.78, 5) is 26.1. The van der Waals surface area contributed by atoms with Crippen LogP contribution in [0.4, 0.5) is 10.5 Å². The molecule has 6 nitrogen and oxygen atoms in total. The third-order valence-electron chi connectivity index (χ3n) is 3.37. The summed E-state index contributed by atoms with van der Waals surface area (Å²) in [6.45, 7) is 5.63. The number of hydrogen-bond acceptors (Lipinski definition) is 5. The number of imide groups is 1. The highest BCUT2D eigenvalue weighted by Crippen LogP contribution is 2.29. The predicted molar refractivity (Wildman–Crippen MR) is 83.0 cm³/mol. The average Bonchev–Trinajstić information content (AvgIpc) is 2.55. The number of nitrogens with zero attached hydrogens (tertiary/aromatic N) is 1. The zero-order valence-corrected chi connectivity index (χ0v) is 13.4. The number of anilines is 1. The molecule has 0 aromatic heterocycles. The van der Waals surface area contributed by atoms with Crippen LogP contribution < -0.4 is 10.5 Å². The van der Waals surface area contributed by atoms with Gasteiger partial charge in [0.1, 0.15) is 11.4 Å². The molecule has 1 aromatic rings. The van der Waals surface area contributed by atoms with Crippen molar-refractivity contribution in [2.24, 2.45) is 0 Å². The number of amides is 2. The number of nitrogen functional groups attached to an aromatic ring is 1. The smallest absolute Gasteiger partial charge is 0.417 e. The quantitative estimate of drug-likeness (QED) is 0.806. The first-order chi connectivity index (χ1) is 10.2. The van der Waals surface area contributed by atoms with Gasteiger partial charge in [0.25, 0.3) is 5.91 Å². The van der Waals surface area contributed by atoms with Gasteiger partial charge in [0.05, 0.1) is 12.8 Å². The summed E-state index contributed by atoms with van der Waals surface area (Å²) in [7, 11) is 1.49. The van der Waals surface area contributed by atoms with E-state index in [0.29, 0.717) is 36.4 Å². The molecule has 0 unspecified atom stereocenters. The van der Waals surface area contributed by atoms with E-state index in [1.54, 1.807) is 32.9 Å². The maximum atomic E-state index is 12.7. The van der Waals surface area contributed by atoms with Crippen LogP contribution in [0.25, 0.3) is 0 Å². The van der Waals surface area contributed by atoms with Crippen LogP contribution in [0.2, 0.25) is 0 Å². The minimum atomic E-state index is -0.648. The standard InChI is InChI=1S/C16H22N2O4/c1-16(2,3)22-15(20)18-7-5-6-10-8-12(17)13(21-4)9-11(10)14(18)19/h8-9H,5-7,17H2,1-4H3. The molecule has 120 valence electrons. The number of nitrogens with two attached hydrogens (primary N) is 1. The molecule has 0 bridgehead atoms. The van der Waals surface area contributed by atoms with E-state index in [1.807, 2.05) is 0 Å². The Morgan fingerprint density at radius 2 is 2.00 bits per heavy atom. The Morgan fingerprint density at radius 3 is 2.59 bits per heavy atom. The van der Waals surface area contributed by atoms with E-state index in [4.69, 9.17) is 15.2 Å². The molecule has 1 aliphatic rings.